The molecule has 1 aliphatic carbocycles. The molecule has 0 fully saturated rings. The summed E-state index contributed by atoms with van der Waals surface area (Å²) in [5.74, 6) is 0.228. The van der Waals surface area contributed by atoms with Crippen molar-refractivity contribution in [3.63, 3.8) is 0 Å². The Morgan fingerprint density at radius 3 is 2.80 bits per heavy atom. The SMILES string of the molecule is Cc1c(C(=O)Nc2cccnc2)oc2c1/C(=N/NC(=O)c1cncc(Br)c1)CCC2. The van der Waals surface area contributed by atoms with Gasteiger partial charge in [-0.05, 0) is 53.9 Å². The summed E-state index contributed by atoms with van der Waals surface area (Å²) in [6.45, 7) is 1.82. The number of anilines is 1. The van der Waals surface area contributed by atoms with Crippen molar-refractivity contribution in [1.82, 2.24) is 15.4 Å². The molecule has 4 rings (SSSR count). The number of fused-ring (bicyclic) bond motifs is 1. The molecule has 3 aromatic heterocycles. The number of aromatic nitrogens is 2. The number of furan rings is 1. The first-order valence-electron chi connectivity index (χ1n) is 9.34. The Morgan fingerprint density at radius 2 is 2.03 bits per heavy atom. The number of pyridine rings is 2. The van der Waals surface area contributed by atoms with Crippen molar-refractivity contribution in [2.24, 2.45) is 5.10 Å². The molecule has 0 aliphatic heterocycles. The van der Waals surface area contributed by atoms with Crippen molar-refractivity contribution in [2.75, 3.05) is 5.32 Å². The largest absolute Gasteiger partial charge is 0.455 e. The number of amides is 2. The maximum absolute atomic E-state index is 12.7. The molecule has 0 bridgehead atoms. The van der Waals surface area contributed by atoms with Crippen LogP contribution in [0.2, 0.25) is 0 Å². The Hall–Kier alpha value is -3.33. The van der Waals surface area contributed by atoms with E-state index in [1.807, 2.05) is 6.92 Å². The molecule has 3 heterocycles. The van der Waals surface area contributed by atoms with E-state index in [0.717, 1.165) is 12.0 Å². The van der Waals surface area contributed by atoms with Gasteiger partial charge in [0.05, 0.1) is 23.2 Å². The Balaban J connectivity index is 1.57. The third-order valence-corrected chi connectivity index (χ3v) is 5.14. The monoisotopic (exact) mass is 467 g/mol. The number of carbonyl (C=O) groups is 2. The molecule has 1 aliphatic rings. The van der Waals surface area contributed by atoms with Gasteiger partial charge >= 0.3 is 0 Å². The molecule has 30 heavy (non-hydrogen) atoms. The van der Waals surface area contributed by atoms with Crippen LogP contribution in [0, 0.1) is 6.92 Å². The summed E-state index contributed by atoms with van der Waals surface area (Å²) in [4.78, 5) is 33.0. The second-order valence-corrected chi connectivity index (χ2v) is 7.71. The van der Waals surface area contributed by atoms with Crippen LogP contribution in [0.1, 0.15) is 50.6 Å². The zero-order valence-corrected chi connectivity index (χ0v) is 17.7. The highest BCUT2D eigenvalue weighted by molar-refractivity contribution is 9.10. The second-order valence-electron chi connectivity index (χ2n) is 6.79. The third-order valence-electron chi connectivity index (χ3n) is 4.71. The van der Waals surface area contributed by atoms with Crippen LogP contribution >= 0.6 is 15.9 Å². The molecule has 2 N–H and O–H groups in total. The second kappa shape index (κ2) is 8.58. The summed E-state index contributed by atoms with van der Waals surface area (Å²) in [7, 11) is 0. The van der Waals surface area contributed by atoms with Crippen molar-refractivity contribution in [2.45, 2.75) is 26.2 Å². The Labute approximate surface area is 180 Å². The van der Waals surface area contributed by atoms with Gasteiger partial charge in [-0.3, -0.25) is 19.6 Å². The summed E-state index contributed by atoms with van der Waals surface area (Å²) < 4.78 is 6.57. The maximum Gasteiger partial charge on any atom is 0.291 e. The number of hydrogen-bond acceptors (Lipinski definition) is 6. The van der Waals surface area contributed by atoms with Gasteiger partial charge in [-0.25, -0.2) is 5.43 Å². The minimum absolute atomic E-state index is 0.237. The predicted octanol–water partition coefficient (Wildman–Crippen LogP) is 3.86. The summed E-state index contributed by atoms with van der Waals surface area (Å²) in [6, 6.07) is 5.16. The van der Waals surface area contributed by atoms with Crippen LogP contribution in [0.15, 0.2) is 57.0 Å². The summed E-state index contributed by atoms with van der Waals surface area (Å²) in [6.07, 6.45) is 8.46. The summed E-state index contributed by atoms with van der Waals surface area (Å²) in [5.41, 5.74) is 5.73. The van der Waals surface area contributed by atoms with Crippen LogP contribution in [0.3, 0.4) is 0 Å². The fraction of sp³-hybridized carbons (Fsp3) is 0.190. The molecule has 0 saturated carbocycles. The summed E-state index contributed by atoms with van der Waals surface area (Å²) >= 11 is 3.30. The Bertz CT molecular complexity index is 1140. The van der Waals surface area contributed by atoms with Gasteiger partial charge in [0.2, 0.25) is 0 Å². The maximum atomic E-state index is 12.7. The third kappa shape index (κ3) is 4.16. The van der Waals surface area contributed by atoms with E-state index in [2.05, 4.69) is 41.7 Å². The summed E-state index contributed by atoms with van der Waals surface area (Å²) in [5, 5.41) is 7.10. The minimum Gasteiger partial charge on any atom is -0.455 e. The molecule has 0 radical (unpaired) electrons. The molecular weight excluding hydrogens is 450 g/mol. The van der Waals surface area contributed by atoms with Crippen LogP contribution in [-0.2, 0) is 6.42 Å². The fourth-order valence-corrected chi connectivity index (χ4v) is 3.70. The van der Waals surface area contributed by atoms with Crippen molar-refractivity contribution < 1.29 is 14.0 Å². The zero-order chi connectivity index (χ0) is 21.1. The number of carbonyl (C=O) groups excluding carboxylic acids is 2. The number of nitrogens with zero attached hydrogens (tertiary/aromatic N) is 3. The topological polar surface area (TPSA) is 109 Å². The van der Waals surface area contributed by atoms with Gasteiger partial charge in [0, 0.05) is 40.6 Å². The molecule has 2 amide bonds. The molecule has 0 aromatic carbocycles. The number of hydrazone groups is 1. The van der Waals surface area contributed by atoms with Crippen molar-refractivity contribution >= 4 is 39.1 Å². The van der Waals surface area contributed by atoms with Crippen LogP contribution in [0.5, 0.6) is 0 Å². The lowest BCUT2D eigenvalue weighted by atomic mass is 9.93. The van der Waals surface area contributed by atoms with Crippen molar-refractivity contribution in [3.05, 3.63) is 75.7 Å². The highest BCUT2D eigenvalue weighted by Gasteiger charge is 2.28. The molecule has 152 valence electrons. The Kier molecular flexibility index (Phi) is 5.71. The molecule has 0 unspecified atom stereocenters. The zero-order valence-electron chi connectivity index (χ0n) is 16.1. The molecule has 0 spiro atoms. The molecule has 8 nitrogen and oxygen atoms in total. The quantitative estimate of drug-likeness (QED) is 0.566. The van der Waals surface area contributed by atoms with E-state index < -0.39 is 0 Å². The molecular formula is C21H18BrN5O3. The smallest absolute Gasteiger partial charge is 0.291 e. The number of halogens is 1. The first kappa shape index (κ1) is 20.0. The lowest BCUT2D eigenvalue weighted by Gasteiger charge is -2.13. The molecule has 3 aromatic rings. The highest BCUT2D eigenvalue weighted by atomic mass is 79.9. The van der Waals surface area contributed by atoms with E-state index in [-0.39, 0.29) is 17.6 Å². The van der Waals surface area contributed by atoms with E-state index in [0.29, 0.717) is 45.6 Å². The molecule has 9 heteroatoms. The van der Waals surface area contributed by atoms with Crippen LogP contribution in [-0.4, -0.2) is 27.5 Å². The highest BCUT2D eigenvalue weighted by Crippen LogP contribution is 2.30. The average Bonchev–Trinajstić information content (AvgIpc) is 3.10. The van der Waals surface area contributed by atoms with Gasteiger partial charge in [0.15, 0.2) is 5.76 Å². The number of rotatable bonds is 4. The van der Waals surface area contributed by atoms with Crippen LogP contribution in [0.4, 0.5) is 5.69 Å². The lowest BCUT2D eigenvalue weighted by molar-refractivity contribution is 0.0953. The van der Waals surface area contributed by atoms with Gasteiger partial charge in [0.1, 0.15) is 5.76 Å². The van der Waals surface area contributed by atoms with Gasteiger partial charge in [-0.2, -0.15) is 5.10 Å². The lowest BCUT2D eigenvalue weighted by Crippen LogP contribution is -2.22. The number of hydrogen-bond donors (Lipinski definition) is 2. The Morgan fingerprint density at radius 1 is 1.17 bits per heavy atom. The van der Waals surface area contributed by atoms with Crippen molar-refractivity contribution in [3.8, 4) is 0 Å². The standard InChI is InChI=1S/C21H18BrN5O3/c1-12-18-16(26-27-20(28)13-8-14(22)10-24-9-13)5-2-6-17(18)30-19(12)21(29)25-15-4-3-7-23-11-15/h3-4,7-11H,2,5-6H2,1H3,(H,25,29)(H,27,28)/b26-16+. The number of nitrogens with one attached hydrogen (secondary N) is 2. The van der Waals surface area contributed by atoms with E-state index >= 15 is 0 Å². The number of aryl methyl sites for hydroxylation is 1. The molecule has 0 atom stereocenters. The van der Waals surface area contributed by atoms with Crippen LogP contribution in [0.25, 0.3) is 0 Å². The average molecular weight is 468 g/mol. The van der Waals surface area contributed by atoms with Gasteiger partial charge in [0.25, 0.3) is 11.8 Å². The first-order chi connectivity index (χ1) is 14.5. The van der Waals surface area contributed by atoms with Crippen molar-refractivity contribution in [1.29, 1.82) is 0 Å². The fourth-order valence-electron chi connectivity index (χ4n) is 3.34. The van der Waals surface area contributed by atoms with Gasteiger partial charge in [-0.1, -0.05) is 0 Å². The predicted molar refractivity (Wildman–Crippen MR) is 115 cm³/mol. The van der Waals surface area contributed by atoms with Gasteiger partial charge < -0.3 is 9.73 Å². The van der Waals surface area contributed by atoms with E-state index in [9.17, 15) is 9.59 Å². The van der Waals surface area contributed by atoms with Crippen LogP contribution < -0.4 is 10.7 Å². The van der Waals surface area contributed by atoms with Gasteiger partial charge in [-0.15, -0.1) is 0 Å². The normalized spacial score (nSPS) is 14.3. The van der Waals surface area contributed by atoms with E-state index in [1.165, 1.54) is 6.20 Å². The first-order valence-corrected chi connectivity index (χ1v) is 10.1. The molecule has 0 saturated heterocycles. The van der Waals surface area contributed by atoms with E-state index in [1.54, 1.807) is 36.8 Å². The minimum atomic E-state index is -0.362. The van der Waals surface area contributed by atoms with E-state index in [4.69, 9.17) is 4.42 Å².